The van der Waals surface area contributed by atoms with Crippen LogP contribution in [0.5, 0.6) is 0 Å². The number of nitrogens with zero attached hydrogens (tertiary/aromatic N) is 1. The molecule has 0 aromatic carbocycles. The number of aromatic amines is 1. The summed E-state index contributed by atoms with van der Waals surface area (Å²) in [6, 6.07) is 1.65. The van der Waals surface area contributed by atoms with Gasteiger partial charge in [0, 0.05) is 31.5 Å². The van der Waals surface area contributed by atoms with E-state index in [-0.39, 0.29) is 0 Å². The third kappa shape index (κ3) is 2.89. The second-order valence-electron chi connectivity index (χ2n) is 6.53. The lowest BCUT2D eigenvalue weighted by atomic mass is 9.68. The molecule has 1 aromatic rings. The molecule has 2 aliphatic rings. The molecule has 3 N–H and O–H groups in total. The molecule has 6 heteroatoms. The molecule has 0 radical (unpaired) electrons. The zero-order valence-corrected chi connectivity index (χ0v) is 13.3. The summed E-state index contributed by atoms with van der Waals surface area (Å²) in [6.45, 7) is 1.65. The van der Waals surface area contributed by atoms with Gasteiger partial charge < -0.3 is 10.7 Å². The number of H-pyrrole nitrogens is 1. The summed E-state index contributed by atoms with van der Waals surface area (Å²) in [6.07, 6.45) is 10.1. The number of hydrogen-bond acceptors (Lipinski definition) is 3. The Kier molecular flexibility index (Phi) is 4.12. The highest BCUT2D eigenvalue weighted by Gasteiger charge is 2.39. The van der Waals surface area contributed by atoms with Gasteiger partial charge in [-0.05, 0) is 37.2 Å². The Morgan fingerprint density at radius 1 is 1.14 bits per heavy atom. The predicted octanol–water partition coefficient (Wildman–Crippen LogP) is 2.21. The number of hydrogen-bond donors (Lipinski definition) is 2. The summed E-state index contributed by atoms with van der Waals surface area (Å²) in [5, 5.41) is 0. The van der Waals surface area contributed by atoms with Crippen molar-refractivity contribution in [3.05, 3.63) is 18.0 Å². The van der Waals surface area contributed by atoms with E-state index in [1.165, 1.54) is 32.1 Å². The fraction of sp³-hybridized carbons (Fsp3) is 0.733. The quantitative estimate of drug-likeness (QED) is 0.898. The first-order chi connectivity index (χ1) is 10.1. The van der Waals surface area contributed by atoms with Crippen LogP contribution in [0.15, 0.2) is 17.2 Å². The van der Waals surface area contributed by atoms with Gasteiger partial charge in [0.15, 0.2) is 0 Å². The van der Waals surface area contributed by atoms with Gasteiger partial charge in [-0.2, -0.15) is 4.31 Å². The van der Waals surface area contributed by atoms with Gasteiger partial charge >= 0.3 is 0 Å². The third-order valence-electron chi connectivity index (χ3n) is 5.27. The zero-order chi connectivity index (χ0) is 14.9. The van der Waals surface area contributed by atoms with Crippen LogP contribution >= 0.6 is 0 Å². The minimum atomic E-state index is -3.36. The van der Waals surface area contributed by atoms with Crippen molar-refractivity contribution in [3.8, 4) is 0 Å². The summed E-state index contributed by atoms with van der Waals surface area (Å²) in [4.78, 5) is 3.28. The number of nitrogens with two attached hydrogens (primary N) is 1. The number of sulfonamides is 1. The van der Waals surface area contributed by atoms with Crippen molar-refractivity contribution in [1.29, 1.82) is 0 Å². The zero-order valence-electron chi connectivity index (χ0n) is 12.5. The minimum Gasteiger partial charge on any atom is -0.363 e. The maximum absolute atomic E-state index is 12.7. The lowest BCUT2D eigenvalue weighted by Gasteiger charge is -2.43. The van der Waals surface area contributed by atoms with Gasteiger partial charge in [-0.25, -0.2) is 8.42 Å². The van der Waals surface area contributed by atoms with Gasteiger partial charge in [-0.15, -0.1) is 0 Å². The standard InChI is InChI=1S/C15H25N3O2S/c16-11-13-10-14(12-17-13)21(19,20)18-8-6-15(7-9-18)4-2-1-3-5-15/h10,12,17H,1-9,11,16H2. The predicted molar refractivity (Wildman–Crippen MR) is 82.2 cm³/mol. The summed E-state index contributed by atoms with van der Waals surface area (Å²) >= 11 is 0. The second kappa shape index (κ2) is 5.74. The molecular weight excluding hydrogens is 286 g/mol. The molecule has 1 saturated heterocycles. The second-order valence-corrected chi connectivity index (χ2v) is 8.47. The molecule has 0 atom stereocenters. The van der Waals surface area contributed by atoms with Crippen molar-refractivity contribution in [2.24, 2.45) is 11.1 Å². The van der Waals surface area contributed by atoms with E-state index in [9.17, 15) is 8.42 Å². The van der Waals surface area contributed by atoms with Gasteiger partial charge in [0.05, 0.1) is 4.90 Å². The highest BCUT2D eigenvalue weighted by Crippen LogP contribution is 2.45. The fourth-order valence-electron chi connectivity index (χ4n) is 3.84. The van der Waals surface area contributed by atoms with E-state index < -0.39 is 10.0 Å². The number of piperidine rings is 1. The minimum absolute atomic E-state index is 0.332. The molecule has 1 spiro atoms. The summed E-state index contributed by atoms with van der Waals surface area (Å²) < 4.78 is 27.0. The monoisotopic (exact) mass is 311 g/mol. The topological polar surface area (TPSA) is 79.2 Å². The molecule has 3 rings (SSSR count). The summed E-state index contributed by atoms with van der Waals surface area (Å²) in [7, 11) is -3.36. The van der Waals surface area contributed by atoms with Crippen molar-refractivity contribution < 1.29 is 8.42 Å². The van der Waals surface area contributed by atoms with Crippen molar-refractivity contribution >= 4 is 10.0 Å². The molecule has 1 saturated carbocycles. The molecule has 2 fully saturated rings. The van der Waals surface area contributed by atoms with Crippen LogP contribution in [0.25, 0.3) is 0 Å². The molecule has 1 aromatic heterocycles. The summed E-state index contributed by atoms with van der Waals surface area (Å²) in [5.74, 6) is 0. The normalized spacial score (nSPS) is 23.5. The lowest BCUT2D eigenvalue weighted by Crippen LogP contribution is -2.43. The van der Waals surface area contributed by atoms with Gasteiger partial charge in [0.2, 0.25) is 10.0 Å². The van der Waals surface area contributed by atoms with Gasteiger partial charge in [-0.3, -0.25) is 0 Å². The maximum atomic E-state index is 12.7. The van der Waals surface area contributed by atoms with Crippen LogP contribution in [0.3, 0.4) is 0 Å². The maximum Gasteiger partial charge on any atom is 0.244 e. The molecule has 2 heterocycles. The van der Waals surface area contributed by atoms with Crippen LogP contribution in [-0.4, -0.2) is 30.8 Å². The Hall–Kier alpha value is -0.850. The molecule has 5 nitrogen and oxygen atoms in total. The highest BCUT2D eigenvalue weighted by atomic mass is 32.2. The lowest BCUT2D eigenvalue weighted by molar-refractivity contribution is 0.102. The average Bonchev–Trinajstić information content (AvgIpc) is 2.98. The molecule has 1 aliphatic carbocycles. The Morgan fingerprint density at radius 2 is 1.81 bits per heavy atom. The fourth-order valence-corrected chi connectivity index (χ4v) is 5.30. The van der Waals surface area contributed by atoms with Gasteiger partial charge in [0.25, 0.3) is 0 Å². The Bertz CT molecular complexity index is 578. The van der Waals surface area contributed by atoms with Crippen molar-refractivity contribution in [2.75, 3.05) is 13.1 Å². The van der Waals surface area contributed by atoms with Crippen molar-refractivity contribution in [1.82, 2.24) is 9.29 Å². The van der Waals surface area contributed by atoms with E-state index in [0.29, 0.717) is 29.9 Å². The van der Waals surface area contributed by atoms with Crippen LogP contribution in [0, 0.1) is 5.41 Å². The SMILES string of the molecule is NCc1cc(S(=O)(=O)N2CCC3(CCCCC3)CC2)c[nH]1. The third-order valence-corrected chi connectivity index (χ3v) is 7.15. The molecule has 0 bridgehead atoms. The van der Waals surface area contributed by atoms with Crippen LogP contribution < -0.4 is 5.73 Å². The number of aromatic nitrogens is 1. The van der Waals surface area contributed by atoms with E-state index in [2.05, 4.69) is 4.98 Å². The number of nitrogens with one attached hydrogen (secondary N) is 1. The van der Waals surface area contributed by atoms with E-state index in [1.807, 2.05) is 0 Å². The van der Waals surface area contributed by atoms with E-state index in [4.69, 9.17) is 5.73 Å². The first-order valence-electron chi connectivity index (χ1n) is 7.93. The Balaban J connectivity index is 1.70. The smallest absolute Gasteiger partial charge is 0.244 e. The Morgan fingerprint density at radius 3 is 2.38 bits per heavy atom. The molecule has 0 unspecified atom stereocenters. The van der Waals surface area contributed by atoms with E-state index in [1.54, 1.807) is 16.6 Å². The summed E-state index contributed by atoms with van der Waals surface area (Å²) in [5.41, 5.74) is 6.72. The van der Waals surface area contributed by atoms with Crippen molar-refractivity contribution in [2.45, 2.75) is 56.4 Å². The molecule has 21 heavy (non-hydrogen) atoms. The average molecular weight is 311 g/mol. The van der Waals surface area contributed by atoms with E-state index in [0.717, 1.165) is 18.5 Å². The largest absolute Gasteiger partial charge is 0.363 e. The Labute approximate surface area is 127 Å². The molecular formula is C15H25N3O2S. The van der Waals surface area contributed by atoms with Crippen molar-refractivity contribution in [3.63, 3.8) is 0 Å². The van der Waals surface area contributed by atoms with Gasteiger partial charge in [-0.1, -0.05) is 19.3 Å². The first-order valence-corrected chi connectivity index (χ1v) is 9.37. The first kappa shape index (κ1) is 15.1. The number of rotatable bonds is 3. The van der Waals surface area contributed by atoms with Crippen LogP contribution in [-0.2, 0) is 16.6 Å². The van der Waals surface area contributed by atoms with Crippen LogP contribution in [0.4, 0.5) is 0 Å². The molecule has 1 aliphatic heterocycles. The molecule has 0 amide bonds. The van der Waals surface area contributed by atoms with Crippen LogP contribution in [0.1, 0.15) is 50.6 Å². The highest BCUT2D eigenvalue weighted by molar-refractivity contribution is 7.89. The molecule has 118 valence electrons. The van der Waals surface area contributed by atoms with E-state index >= 15 is 0 Å². The van der Waals surface area contributed by atoms with Crippen LogP contribution in [0.2, 0.25) is 0 Å². The van der Waals surface area contributed by atoms with Gasteiger partial charge in [0.1, 0.15) is 0 Å².